The Morgan fingerprint density at radius 2 is 1.77 bits per heavy atom. The maximum atomic E-state index is 13.4. The molecule has 7 nitrogen and oxygen atoms in total. The van der Waals surface area contributed by atoms with Crippen LogP contribution in [0.2, 0.25) is 0 Å². The summed E-state index contributed by atoms with van der Waals surface area (Å²) in [5.74, 6) is 0.274. The van der Waals surface area contributed by atoms with E-state index >= 15 is 0 Å². The summed E-state index contributed by atoms with van der Waals surface area (Å²) < 4.78 is 36.0. The zero-order valence-corrected chi connectivity index (χ0v) is 19.6. The number of alkyl halides is 2. The molecule has 3 aromatic carbocycles. The SMILES string of the molecule is COc1cccc(NC(=O)C(C)Sc2nc3ccccc3c(=O)n2-c2ccc(OC(F)F)cc2)c1. The summed E-state index contributed by atoms with van der Waals surface area (Å²) in [6, 6.07) is 19.5. The number of aromatic nitrogens is 2. The minimum absolute atomic E-state index is 0.0363. The second-order valence-corrected chi connectivity index (χ2v) is 8.71. The highest BCUT2D eigenvalue weighted by Crippen LogP contribution is 2.27. The minimum Gasteiger partial charge on any atom is -0.497 e. The second kappa shape index (κ2) is 10.6. The lowest BCUT2D eigenvalue weighted by Crippen LogP contribution is -2.26. The van der Waals surface area contributed by atoms with Gasteiger partial charge in [-0.1, -0.05) is 30.0 Å². The van der Waals surface area contributed by atoms with E-state index in [4.69, 9.17) is 4.74 Å². The Labute approximate surface area is 203 Å². The number of nitrogens with zero attached hydrogens (tertiary/aromatic N) is 2. The summed E-state index contributed by atoms with van der Waals surface area (Å²) in [7, 11) is 1.54. The molecule has 0 spiro atoms. The highest BCUT2D eigenvalue weighted by atomic mass is 32.2. The van der Waals surface area contributed by atoms with Gasteiger partial charge in [0.15, 0.2) is 5.16 Å². The smallest absolute Gasteiger partial charge is 0.387 e. The van der Waals surface area contributed by atoms with Crippen LogP contribution in [0.4, 0.5) is 14.5 Å². The summed E-state index contributed by atoms with van der Waals surface area (Å²) in [5, 5.41) is 2.88. The predicted octanol–water partition coefficient (Wildman–Crippen LogP) is 5.12. The highest BCUT2D eigenvalue weighted by Gasteiger charge is 2.21. The number of nitrogens with one attached hydrogen (secondary N) is 1. The topological polar surface area (TPSA) is 82.5 Å². The Morgan fingerprint density at radius 3 is 2.49 bits per heavy atom. The van der Waals surface area contributed by atoms with Gasteiger partial charge in [0.05, 0.1) is 29.0 Å². The molecule has 180 valence electrons. The molecule has 4 rings (SSSR count). The van der Waals surface area contributed by atoms with Gasteiger partial charge in [-0.25, -0.2) is 4.98 Å². The molecule has 0 aliphatic rings. The van der Waals surface area contributed by atoms with Crippen LogP contribution in [0, 0.1) is 0 Å². The van der Waals surface area contributed by atoms with Crippen LogP contribution in [0.25, 0.3) is 16.6 Å². The molecule has 0 aliphatic heterocycles. The Bertz CT molecular complexity index is 1410. The molecule has 0 saturated carbocycles. The van der Waals surface area contributed by atoms with Gasteiger partial charge in [0, 0.05) is 11.8 Å². The highest BCUT2D eigenvalue weighted by molar-refractivity contribution is 8.00. The van der Waals surface area contributed by atoms with E-state index in [2.05, 4.69) is 15.0 Å². The number of methoxy groups -OCH3 is 1. The number of halogens is 2. The van der Waals surface area contributed by atoms with Gasteiger partial charge >= 0.3 is 6.61 Å². The zero-order valence-electron chi connectivity index (χ0n) is 18.8. The van der Waals surface area contributed by atoms with E-state index in [0.29, 0.717) is 28.0 Å². The standard InChI is InChI=1S/C25H21F2N3O4S/c1-15(22(31)28-16-6-5-7-19(14-16)33-2)35-25-29-21-9-4-3-8-20(21)23(32)30(25)17-10-12-18(13-11-17)34-24(26)27/h3-15,24H,1-2H3,(H,28,31). The molecule has 1 unspecified atom stereocenters. The Kier molecular flexibility index (Phi) is 7.31. The second-order valence-electron chi connectivity index (χ2n) is 7.41. The summed E-state index contributed by atoms with van der Waals surface area (Å²) in [4.78, 5) is 30.9. The number of ether oxygens (including phenoxy) is 2. The number of para-hydroxylation sites is 1. The molecule has 35 heavy (non-hydrogen) atoms. The molecule has 1 N–H and O–H groups in total. The largest absolute Gasteiger partial charge is 0.497 e. The summed E-state index contributed by atoms with van der Waals surface area (Å²) in [5.41, 5.74) is 1.10. The third kappa shape index (κ3) is 5.60. The molecule has 1 aromatic heterocycles. The molecule has 0 bridgehead atoms. The van der Waals surface area contributed by atoms with Crippen LogP contribution in [0.5, 0.6) is 11.5 Å². The van der Waals surface area contributed by atoms with Gasteiger partial charge in [0.1, 0.15) is 11.5 Å². The number of amides is 1. The van der Waals surface area contributed by atoms with Crippen molar-refractivity contribution < 1.29 is 23.0 Å². The van der Waals surface area contributed by atoms with E-state index < -0.39 is 11.9 Å². The number of hydrogen-bond donors (Lipinski definition) is 1. The van der Waals surface area contributed by atoms with Crippen LogP contribution >= 0.6 is 11.8 Å². The molecule has 1 heterocycles. The Morgan fingerprint density at radius 1 is 1.03 bits per heavy atom. The van der Waals surface area contributed by atoms with Gasteiger partial charge in [0.25, 0.3) is 5.56 Å². The number of carbonyl (C=O) groups is 1. The number of carbonyl (C=O) groups excluding carboxylic acids is 1. The van der Waals surface area contributed by atoms with Crippen LogP contribution in [0.1, 0.15) is 6.92 Å². The summed E-state index contributed by atoms with van der Waals surface area (Å²) >= 11 is 1.10. The van der Waals surface area contributed by atoms with Crippen molar-refractivity contribution in [3.63, 3.8) is 0 Å². The predicted molar refractivity (Wildman–Crippen MR) is 131 cm³/mol. The van der Waals surface area contributed by atoms with E-state index in [1.54, 1.807) is 55.5 Å². The molecule has 1 atom stereocenters. The number of rotatable bonds is 8. The molecule has 0 radical (unpaired) electrons. The first-order chi connectivity index (χ1) is 16.9. The normalized spacial score (nSPS) is 11.9. The minimum atomic E-state index is -2.96. The Balaban J connectivity index is 1.68. The number of anilines is 1. The monoisotopic (exact) mass is 497 g/mol. The van der Waals surface area contributed by atoms with Crippen molar-refractivity contribution in [2.75, 3.05) is 12.4 Å². The van der Waals surface area contributed by atoms with Crippen molar-refractivity contribution in [1.29, 1.82) is 0 Å². The van der Waals surface area contributed by atoms with Crippen molar-refractivity contribution in [3.05, 3.63) is 83.2 Å². The third-order valence-electron chi connectivity index (χ3n) is 5.05. The number of hydrogen-bond acceptors (Lipinski definition) is 6. The van der Waals surface area contributed by atoms with Crippen molar-refractivity contribution >= 4 is 34.3 Å². The van der Waals surface area contributed by atoms with Crippen LogP contribution in [-0.2, 0) is 4.79 Å². The number of thioether (sulfide) groups is 1. The van der Waals surface area contributed by atoms with Gasteiger partial charge in [-0.05, 0) is 55.5 Å². The fourth-order valence-electron chi connectivity index (χ4n) is 3.35. The zero-order chi connectivity index (χ0) is 24.9. The quantitative estimate of drug-likeness (QED) is 0.269. The fraction of sp³-hybridized carbons (Fsp3) is 0.160. The summed E-state index contributed by atoms with van der Waals surface area (Å²) in [6.45, 7) is -1.26. The third-order valence-corrected chi connectivity index (χ3v) is 6.11. The Hall–Kier alpha value is -3.92. The van der Waals surface area contributed by atoms with Gasteiger partial charge in [-0.2, -0.15) is 8.78 Å². The van der Waals surface area contributed by atoms with E-state index in [-0.39, 0.29) is 22.4 Å². The maximum absolute atomic E-state index is 13.4. The first-order valence-corrected chi connectivity index (χ1v) is 11.4. The number of benzene rings is 3. The van der Waals surface area contributed by atoms with E-state index in [9.17, 15) is 18.4 Å². The molecule has 0 aliphatic carbocycles. The van der Waals surface area contributed by atoms with Crippen molar-refractivity contribution in [1.82, 2.24) is 9.55 Å². The first-order valence-electron chi connectivity index (χ1n) is 10.5. The molecular weight excluding hydrogens is 476 g/mol. The maximum Gasteiger partial charge on any atom is 0.387 e. The first kappa shape index (κ1) is 24.2. The van der Waals surface area contributed by atoms with Crippen LogP contribution < -0.4 is 20.3 Å². The molecule has 0 fully saturated rings. The molecular formula is C25H21F2N3O4S. The van der Waals surface area contributed by atoms with E-state index in [0.717, 1.165) is 11.8 Å². The van der Waals surface area contributed by atoms with Crippen LogP contribution in [0.3, 0.4) is 0 Å². The molecule has 1 amide bonds. The molecule has 4 aromatic rings. The average Bonchev–Trinajstić information content (AvgIpc) is 2.85. The lowest BCUT2D eigenvalue weighted by atomic mass is 10.2. The van der Waals surface area contributed by atoms with Gasteiger partial charge < -0.3 is 14.8 Å². The molecule has 10 heteroatoms. The van der Waals surface area contributed by atoms with Gasteiger partial charge in [-0.3, -0.25) is 14.2 Å². The van der Waals surface area contributed by atoms with Crippen molar-refractivity contribution in [2.24, 2.45) is 0 Å². The van der Waals surface area contributed by atoms with Crippen LogP contribution in [-0.4, -0.2) is 34.4 Å². The van der Waals surface area contributed by atoms with Gasteiger partial charge in [-0.15, -0.1) is 0 Å². The average molecular weight is 498 g/mol. The van der Waals surface area contributed by atoms with Gasteiger partial charge in [0.2, 0.25) is 5.91 Å². The number of fused-ring (bicyclic) bond motifs is 1. The molecule has 0 saturated heterocycles. The fourth-order valence-corrected chi connectivity index (χ4v) is 4.28. The van der Waals surface area contributed by atoms with Crippen molar-refractivity contribution in [2.45, 2.75) is 23.9 Å². The van der Waals surface area contributed by atoms with E-state index in [1.807, 2.05) is 0 Å². The lowest BCUT2D eigenvalue weighted by molar-refractivity contribution is -0.115. The van der Waals surface area contributed by atoms with Crippen LogP contribution in [0.15, 0.2) is 82.7 Å². The summed E-state index contributed by atoms with van der Waals surface area (Å²) in [6.07, 6.45) is 0. The van der Waals surface area contributed by atoms with Crippen molar-refractivity contribution in [3.8, 4) is 17.2 Å². The van der Waals surface area contributed by atoms with E-state index in [1.165, 1.54) is 35.9 Å². The lowest BCUT2D eigenvalue weighted by Gasteiger charge is -2.17.